The van der Waals surface area contributed by atoms with Crippen molar-refractivity contribution in [2.24, 2.45) is 0 Å². The van der Waals surface area contributed by atoms with Gasteiger partial charge < -0.3 is 16.4 Å². The van der Waals surface area contributed by atoms with E-state index < -0.39 is 0 Å². The van der Waals surface area contributed by atoms with Crippen LogP contribution in [0.3, 0.4) is 0 Å². The fourth-order valence-electron chi connectivity index (χ4n) is 1.84. The number of thiophene rings is 1. The quantitative estimate of drug-likeness (QED) is 0.713. The molecular weight excluding hydrogens is 304 g/mol. The minimum atomic E-state index is -0.118. The van der Waals surface area contributed by atoms with Crippen LogP contribution in [-0.4, -0.2) is 23.7 Å². The number of hydrogen-bond donors (Lipinski definition) is 3. The molecule has 0 fully saturated rings. The number of nitrogen functional groups attached to an aromatic ring is 1. The third kappa shape index (κ3) is 3.68. The van der Waals surface area contributed by atoms with Gasteiger partial charge in [-0.05, 0) is 30.9 Å². The van der Waals surface area contributed by atoms with Crippen LogP contribution in [0, 0.1) is 0 Å². The first-order valence-electron chi connectivity index (χ1n) is 6.54. The van der Waals surface area contributed by atoms with E-state index in [0.29, 0.717) is 23.7 Å². The summed E-state index contributed by atoms with van der Waals surface area (Å²) in [6.45, 7) is 3.15. The van der Waals surface area contributed by atoms with Gasteiger partial charge in [0.25, 0.3) is 5.91 Å². The van der Waals surface area contributed by atoms with Gasteiger partial charge in [-0.1, -0.05) is 0 Å². The van der Waals surface area contributed by atoms with Crippen LogP contribution in [0.1, 0.15) is 22.2 Å². The fourth-order valence-corrected chi connectivity index (χ4v) is 3.79. The summed E-state index contributed by atoms with van der Waals surface area (Å²) in [5.41, 5.74) is 7.77. The first-order chi connectivity index (χ1) is 10.2. The number of nitrogens with zero attached hydrogens (tertiary/aromatic N) is 1. The molecule has 0 radical (unpaired) electrons. The average Bonchev–Trinajstić information content (AvgIpc) is 2.82. The molecule has 0 aliphatic rings. The van der Waals surface area contributed by atoms with Crippen molar-refractivity contribution in [1.82, 2.24) is 10.3 Å². The second kappa shape index (κ2) is 7.33. The largest absolute Gasteiger partial charge is 0.396 e. The summed E-state index contributed by atoms with van der Waals surface area (Å²) in [5, 5.41) is 7.06. The van der Waals surface area contributed by atoms with Crippen molar-refractivity contribution in [1.29, 1.82) is 0 Å². The minimum Gasteiger partial charge on any atom is -0.396 e. The average molecular weight is 322 g/mol. The van der Waals surface area contributed by atoms with Crippen molar-refractivity contribution >= 4 is 39.7 Å². The van der Waals surface area contributed by atoms with Crippen LogP contribution in [-0.2, 0) is 6.54 Å². The summed E-state index contributed by atoms with van der Waals surface area (Å²) in [6.07, 6.45) is 5.47. The van der Waals surface area contributed by atoms with Crippen molar-refractivity contribution in [3.05, 3.63) is 35.0 Å². The van der Waals surface area contributed by atoms with Crippen LogP contribution in [0.25, 0.3) is 0 Å². The summed E-state index contributed by atoms with van der Waals surface area (Å²) in [7, 11) is 0. The normalized spacial score (nSPS) is 10.4. The maximum Gasteiger partial charge on any atom is 0.263 e. The molecule has 0 aromatic carbocycles. The zero-order valence-corrected chi connectivity index (χ0v) is 13.6. The van der Waals surface area contributed by atoms with Crippen molar-refractivity contribution in [3.63, 3.8) is 0 Å². The van der Waals surface area contributed by atoms with E-state index in [0.717, 1.165) is 15.5 Å². The zero-order chi connectivity index (χ0) is 15.2. The Morgan fingerprint density at radius 3 is 2.76 bits per heavy atom. The number of pyridine rings is 1. The molecule has 0 saturated carbocycles. The maximum absolute atomic E-state index is 12.0. The van der Waals surface area contributed by atoms with E-state index in [2.05, 4.69) is 15.6 Å². The summed E-state index contributed by atoms with van der Waals surface area (Å²) >= 11 is 2.94. The molecular formula is C14H18N4OS2. The number of nitrogens with one attached hydrogen (secondary N) is 2. The number of anilines is 2. The Morgan fingerprint density at radius 2 is 2.14 bits per heavy atom. The Hall–Kier alpha value is -1.73. The summed E-state index contributed by atoms with van der Waals surface area (Å²) in [5.74, 6) is -0.118. The van der Waals surface area contributed by atoms with Crippen molar-refractivity contribution in [2.75, 3.05) is 23.9 Å². The molecule has 2 heterocycles. The molecule has 0 unspecified atom stereocenters. The molecule has 2 aromatic heterocycles. The third-order valence-corrected chi connectivity index (χ3v) is 4.97. The second-order valence-electron chi connectivity index (χ2n) is 4.28. The van der Waals surface area contributed by atoms with Gasteiger partial charge in [-0.3, -0.25) is 9.78 Å². The van der Waals surface area contributed by atoms with Crippen LogP contribution in [0.15, 0.2) is 29.4 Å². The number of amides is 1. The van der Waals surface area contributed by atoms with Gasteiger partial charge in [-0.15, -0.1) is 23.1 Å². The predicted octanol–water partition coefficient (Wildman–Crippen LogP) is 2.81. The highest BCUT2D eigenvalue weighted by molar-refractivity contribution is 7.99. The number of nitrogens with two attached hydrogens (primary N) is 1. The number of hydrogen-bond acceptors (Lipinski definition) is 6. The van der Waals surface area contributed by atoms with Crippen molar-refractivity contribution in [2.45, 2.75) is 18.4 Å². The second-order valence-corrected chi connectivity index (χ2v) is 6.11. The molecule has 0 aliphatic heterocycles. The van der Waals surface area contributed by atoms with E-state index in [1.54, 1.807) is 24.2 Å². The standard InChI is InChI=1S/C14H18N4OS2/c1-3-17-13(19)11-10(15)12(20-2)14(21-11)18-8-9-4-6-16-7-5-9/h4-7,18H,3,8,15H2,1-2H3,(H,17,19). The van der Waals surface area contributed by atoms with Gasteiger partial charge >= 0.3 is 0 Å². The van der Waals surface area contributed by atoms with Gasteiger partial charge in [0.2, 0.25) is 0 Å². The van der Waals surface area contributed by atoms with Gasteiger partial charge in [0, 0.05) is 25.5 Å². The molecule has 4 N–H and O–H groups in total. The van der Waals surface area contributed by atoms with Gasteiger partial charge in [0.05, 0.1) is 10.6 Å². The Morgan fingerprint density at radius 1 is 1.43 bits per heavy atom. The highest BCUT2D eigenvalue weighted by Crippen LogP contribution is 2.41. The molecule has 0 spiro atoms. The number of rotatable bonds is 6. The number of carbonyl (C=O) groups is 1. The summed E-state index contributed by atoms with van der Waals surface area (Å²) in [4.78, 5) is 17.5. The molecule has 112 valence electrons. The van der Waals surface area contributed by atoms with E-state index >= 15 is 0 Å². The topological polar surface area (TPSA) is 80.0 Å². The molecule has 2 aromatic rings. The van der Waals surface area contributed by atoms with Crippen LogP contribution in [0.2, 0.25) is 0 Å². The molecule has 0 saturated heterocycles. The fraction of sp³-hybridized carbons (Fsp3) is 0.286. The van der Waals surface area contributed by atoms with Crippen LogP contribution >= 0.6 is 23.1 Å². The Kier molecular flexibility index (Phi) is 5.46. The zero-order valence-electron chi connectivity index (χ0n) is 12.0. The maximum atomic E-state index is 12.0. The lowest BCUT2D eigenvalue weighted by Crippen LogP contribution is -2.22. The monoisotopic (exact) mass is 322 g/mol. The smallest absolute Gasteiger partial charge is 0.263 e. The van der Waals surface area contributed by atoms with Gasteiger partial charge in [-0.2, -0.15) is 0 Å². The highest BCUT2D eigenvalue weighted by atomic mass is 32.2. The lowest BCUT2D eigenvalue weighted by molar-refractivity contribution is 0.0960. The van der Waals surface area contributed by atoms with E-state index in [1.165, 1.54) is 11.3 Å². The first-order valence-corrected chi connectivity index (χ1v) is 8.58. The third-order valence-electron chi connectivity index (χ3n) is 2.85. The number of carbonyl (C=O) groups excluding carboxylic acids is 1. The Bertz CT molecular complexity index is 613. The molecule has 7 heteroatoms. The van der Waals surface area contributed by atoms with Crippen LogP contribution < -0.4 is 16.4 Å². The minimum absolute atomic E-state index is 0.118. The molecule has 5 nitrogen and oxygen atoms in total. The van der Waals surface area contributed by atoms with Crippen molar-refractivity contribution < 1.29 is 4.79 Å². The molecule has 21 heavy (non-hydrogen) atoms. The van der Waals surface area contributed by atoms with E-state index in [1.807, 2.05) is 25.3 Å². The van der Waals surface area contributed by atoms with Gasteiger partial charge in [0.1, 0.15) is 9.88 Å². The highest BCUT2D eigenvalue weighted by Gasteiger charge is 2.20. The van der Waals surface area contributed by atoms with E-state index in [9.17, 15) is 4.79 Å². The molecule has 0 bridgehead atoms. The molecule has 0 atom stereocenters. The van der Waals surface area contributed by atoms with Crippen LogP contribution in [0.5, 0.6) is 0 Å². The molecule has 1 amide bonds. The van der Waals surface area contributed by atoms with E-state index in [-0.39, 0.29) is 5.91 Å². The van der Waals surface area contributed by atoms with E-state index in [4.69, 9.17) is 5.73 Å². The Labute approximate surface area is 132 Å². The van der Waals surface area contributed by atoms with Gasteiger partial charge in [0.15, 0.2) is 0 Å². The van der Waals surface area contributed by atoms with Crippen molar-refractivity contribution in [3.8, 4) is 0 Å². The first kappa shape index (κ1) is 15.7. The lowest BCUT2D eigenvalue weighted by atomic mass is 10.3. The summed E-state index contributed by atoms with van der Waals surface area (Å²) in [6, 6.07) is 3.90. The van der Waals surface area contributed by atoms with Gasteiger partial charge in [-0.25, -0.2) is 0 Å². The SMILES string of the molecule is CCNC(=O)c1sc(NCc2ccncc2)c(SC)c1N. The predicted molar refractivity (Wildman–Crippen MR) is 90.1 cm³/mol. The molecule has 2 rings (SSSR count). The summed E-state index contributed by atoms with van der Waals surface area (Å²) < 4.78 is 0. The number of thioether (sulfide) groups is 1. The van der Waals surface area contributed by atoms with Crippen LogP contribution in [0.4, 0.5) is 10.7 Å². The molecule has 0 aliphatic carbocycles. The number of aromatic nitrogens is 1. The Balaban J connectivity index is 2.19. The lowest BCUT2D eigenvalue weighted by Gasteiger charge is -2.06.